The fourth-order valence-corrected chi connectivity index (χ4v) is 2.24. The highest BCUT2D eigenvalue weighted by Gasteiger charge is 2.17. The smallest absolute Gasteiger partial charge is 0.255 e. The molecule has 0 bridgehead atoms. The highest BCUT2D eigenvalue weighted by Crippen LogP contribution is 2.16. The van der Waals surface area contributed by atoms with Gasteiger partial charge in [-0.05, 0) is 26.0 Å². The summed E-state index contributed by atoms with van der Waals surface area (Å²) in [4.78, 5) is 20.0. The van der Waals surface area contributed by atoms with Gasteiger partial charge in [-0.25, -0.2) is 4.98 Å². The maximum absolute atomic E-state index is 12.3. The van der Waals surface area contributed by atoms with Gasteiger partial charge >= 0.3 is 0 Å². The number of aryl methyl sites for hydroxylation is 1. The van der Waals surface area contributed by atoms with E-state index in [9.17, 15) is 4.79 Å². The van der Waals surface area contributed by atoms with E-state index >= 15 is 0 Å². The molecule has 0 unspecified atom stereocenters. The van der Waals surface area contributed by atoms with Crippen LogP contribution in [0.1, 0.15) is 34.8 Å². The van der Waals surface area contributed by atoms with Gasteiger partial charge in [0, 0.05) is 12.7 Å². The molecule has 0 radical (unpaired) electrons. The van der Waals surface area contributed by atoms with Gasteiger partial charge in [-0.15, -0.1) is 0 Å². The highest BCUT2D eigenvalue weighted by atomic mass is 16.1. The average molecular weight is 283 g/mol. The summed E-state index contributed by atoms with van der Waals surface area (Å²) in [5.74, 6) is 0.597. The number of hydrogen-bond acceptors (Lipinski definition) is 3. The van der Waals surface area contributed by atoms with Gasteiger partial charge in [-0.3, -0.25) is 9.48 Å². The normalized spacial score (nSPS) is 12.5. The van der Waals surface area contributed by atoms with Gasteiger partial charge in [0.2, 0.25) is 0 Å². The average Bonchev–Trinajstić information content (AvgIpc) is 3.03. The molecule has 21 heavy (non-hydrogen) atoms. The van der Waals surface area contributed by atoms with E-state index in [1.54, 1.807) is 10.9 Å². The van der Waals surface area contributed by atoms with Crippen LogP contribution in [0.15, 0.2) is 30.5 Å². The number of carbonyl (C=O) groups excluding carboxylic acids is 1. The zero-order valence-corrected chi connectivity index (χ0v) is 12.2. The Balaban J connectivity index is 1.81. The summed E-state index contributed by atoms with van der Waals surface area (Å²) in [5, 5.41) is 7.03. The van der Waals surface area contributed by atoms with E-state index in [2.05, 4.69) is 20.4 Å². The van der Waals surface area contributed by atoms with Gasteiger partial charge in [0.15, 0.2) is 0 Å². The molecule has 2 N–H and O–H groups in total. The van der Waals surface area contributed by atoms with E-state index < -0.39 is 0 Å². The Morgan fingerprint density at radius 2 is 2.14 bits per heavy atom. The van der Waals surface area contributed by atoms with Gasteiger partial charge in [-0.2, -0.15) is 5.10 Å². The van der Waals surface area contributed by atoms with Crippen molar-refractivity contribution in [1.29, 1.82) is 0 Å². The van der Waals surface area contributed by atoms with E-state index in [1.807, 2.05) is 45.2 Å². The van der Waals surface area contributed by atoms with Crippen molar-refractivity contribution in [3.8, 4) is 0 Å². The number of rotatable bonds is 3. The first-order valence-corrected chi connectivity index (χ1v) is 6.80. The molecule has 0 aliphatic heterocycles. The molecule has 0 spiro atoms. The molecule has 2 heterocycles. The van der Waals surface area contributed by atoms with Crippen LogP contribution in [0.3, 0.4) is 0 Å². The minimum absolute atomic E-state index is 0.145. The number of benzene rings is 1. The Bertz CT molecular complexity index is 768. The third kappa shape index (κ3) is 2.40. The maximum Gasteiger partial charge on any atom is 0.255 e. The fourth-order valence-electron chi connectivity index (χ4n) is 2.24. The van der Waals surface area contributed by atoms with Crippen molar-refractivity contribution >= 4 is 16.9 Å². The van der Waals surface area contributed by atoms with Crippen LogP contribution < -0.4 is 5.32 Å². The second kappa shape index (κ2) is 5.05. The third-order valence-corrected chi connectivity index (χ3v) is 3.65. The molecule has 1 aromatic carbocycles. The molecule has 0 fully saturated rings. The first-order valence-electron chi connectivity index (χ1n) is 6.80. The van der Waals surface area contributed by atoms with Gasteiger partial charge < -0.3 is 10.3 Å². The molecule has 0 aliphatic rings. The van der Waals surface area contributed by atoms with Crippen molar-refractivity contribution in [2.24, 2.45) is 7.05 Å². The maximum atomic E-state index is 12.3. The van der Waals surface area contributed by atoms with Crippen LogP contribution in [0, 0.1) is 6.92 Å². The SMILES string of the molecule is Cc1c(C(=O)N[C@@H](C)c2nc3ccccc3[nH]2)cnn1C. The molecular formula is C15H17N5O. The molecular weight excluding hydrogens is 266 g/mol. The second-order valence-electron chi connectivity index (χ2n) is 5.10. The van der Waals surface area contributed by atoms with Gasteiger partial charge in [-0.1, -0.05) is 12.1 Å². The number of fused-ring (bicyclic) bond motifs is 1. The van der Waals surface area contributed by atoms with Crippen molar-refractivity contribution in [3.63, 3.8) is 0 Å². The molecule has 108 valence electrons. The predicted octanol–water partition coefficient (Wildman–Crippen LogP) is 2.10. The molecule has 1 amide bonds. The first kappa shape index (κ1) is 13.4. The summed E-state index contributed by atoms with van der Waals surface area (Å²) in [7, 11) is 1.81. The number of hydrogen-bond donors (Lipinski definition) is 2. The number of para-hydroxylation sites is 2. The molecule has 2 aromatic heterocycles. The van der Waals surface area contributed by atoms with Gasteiger partial charge in [0.1, 0.15) is 5.82 Å². The number of aromatic nitrogens is 4. The number of amides is 1. The zero-order valence-electron chi connectivity index (χ0n) is 12.2. The number of nitrogens with one attached hydrogen (secondary N) is 2. The number of imidazole rings is 1. The lowest BCUT2D eigenvalue weighted by Crippen LogP contribution is -2.27. The molecule has 0 saturated heterocycles. The molecule has 0 saturated carbocycles. The Labute approximate surface area is 122 Å². The minimum atomic E-state index is -0.204. The number of aromatic amines is 1. The Morgan fingerprint density at radius 3 is 2.81 bits per heavy atom. The summed E-state index contributed by atoms with van der Waals surface area (Å²) in [6.07, 6.45) is 1.58. The summed E-state index contributed by atoms with van der Waals surface area (Å²) in [6, 6.07) is 7.59. The van der Waals surface area contributed by atoms with Crippen LogP contribution in [0.5, 0.6) is 0 Å². The summed E-state index contributed by atoms with van der Waals surface area (Å²) in [5.41, 5.74) is 3.28. The highest BCUT2D eigenvalue weighted by molar-refractivity contribution is 5.95. The standard InChI is InChI=1S/C15H17N5O/c1-9(14-18-12-6-4-5-7-13(12)19-14)17-15(21)11-8-16-20(3)10(11)2/h4-9H,1-3H3,(H,17,21)(H,18,19)/t9-/m0/s1. The second-order valence-corrected chi connectivity index (χ2v) is 5.10. The molecule has 6 nitrogen and oxygen atoms in total. The summed E-state index contributed by atoms with van der Waals surface area (Å²) in [6.45, 7) is 3.77. The van der Waals surface area contributed by atoms with Crippen LogP contribution in [0.25, 0.3) is 11.0 Å². The van der Waals surface area contributed by atoms with Crippen LogP contribution in [0.4, 0.5) is 0 Å². The lowest BCUT2D eigenvalue weighted by atomic mass is 10.2. The first-order chi connectivity index (χ1) is 10.1. The number of H-pyrrole nitrogens is 1. The monoisotopic (exact) mass is 283 g/mol. The van der Waals surface area contributed by atoms with Crippen LogP contribution in [-0.4, -0.2) is 25.7 Å². The molecule has 0 aliphatic carbocycles. The molecule has 3 aromatic rings. The molecule has 6 heteroatoms. The van der Waals surface area contributed by atoms with E-state index in [4.69, 9.17) is 0 Å². The third-order valence-electron chi connectivity index (χ3n) is 3.65. The fraction of sp³-hybridized carbons (Fsp3) is 0.267. The van der Waals surface area contributed by atoms with Crippen molar-refractivity contribution in [2.45, 2.75) is 19.9 Å². The Hall–Kier alpha value is -2.63. The van der Waals surface area contributed by atoms with E-state index in [1.165, 1.54) is 0 Å². The molecule has 3 rings (SSSR count). The summed E-state index contributed by atoms with van der Waals surface area (Å²) >= 11 is 0. The van der Waals surface area contributed by atoms with Crippen molar-refractivity contribution < 1.29 is 4.79 Å². The largest absolute Gasteiger partial charge is 0.342 e. The Kier molecular flexibility index (Phi) is 3.21. The predicted molar refractivity (Wildman–Crippen MR) is 79.9 cm³/mol. The minimum Gasteiger partial charge on any atom is -0.342 e. The number of nitrogens with zero attached hydrogens (tertiary/aromatic N) is 3. The quantitative estimate of drug-likeness (QED) is 0.773. The van der Waals surface area contributed by atoms with Gasteiger partial charge in [0.05, 0.1) is 28.8 Å². The van der Waals surface area contributed by atoms with Gasteiger partial charge in [0.25, 0.3) is 5.91 Å². The lowest BCUT2D eigenvalue weighted by Gasteiger charge is -2.11. The van der Waals surface area contributed by atoms with Crippen molar-refractivity contribution in [2.75, 3.05) is 0 Å². The van der Waals surface area contributed by atoms with Crippen LogP contribution >= 0.6 is 0 Å². The Morgan fingerprint density at radius 1 is 1.38 bits per heavy atom. The van der Waals surface area contributed by atoms with Crippen molar-refractivity contribution in [1.82, 2.24) is 25.1 Å². The topological polar surface area (TPSA) is 75.6 Å². The van der Waals surface area contributed by atoms with Crippen LogP contribution in [-0.2, 0) is 7.05 Å². The van der Waals surface area contributed by atoms with E-state index in [0.717, 1.165) is 22.6 Å². The van der Waals surface area contributed by atoms with E-state index in [-0.39, 0.29) is 11.9 Å². The van der Waals surface area contributed by atoms with Crippen molar-refractivity contribution in [3.05, 3.63) is 47.5 Å². The summed E-state index contributed by atoms with van der Waals surface area (Å²) < 4.78 is 1.68. The van der Waals surface area contributed by atoms with E-state index in [0.29, 0.717) is 5.56 Å². The molecule has 1 atom stereocenters. The zero-order chi connectivity index (χ0) is 15.0. The van der Waals surface area contributed by atoms with Crippen LogP contribution in [0.2, 0.25) is 0 Å². The lowest BCUT2D eigenvalue weighted by molar-refractivity contribution is 0.0937. The number of carbonyl (C=O) groups is 1.